The molecular weight excluding hydrogens is 688 g/mol. The standard InChI is InChI=1S/C36H64O16/c1-5-9-13-17-25(39)47-22-24-32(49-26(40)18-14-10-6-2)33(50-27(41)19-15-11-7-3)34(51-28(42)20-16-12-8-4)36(48-24)52-35(46)31(45)30(44)29(43)23(38)21-37/h23-24,29-38,43-46H,5-22H2,1-4H3/t23-,24-,29-,30+,31+,32-,33+,34+,35?,36+/m1/s1. The molecule has 0 spiro atoms. The molecule has 0 aromatic rings. The number of aliphatic hydroxyl groups is 6. The lowest BCUT2D eigenvalue weighted by molar-refractivity contribution is -0.349. The van der Waals surface area contributed by atoms with Crippen LogP contribution in [-0.4, -0.2) is 129 Å². The van der Waals surface area contributed by atoms with E-state index in [0.717, 1.165) is 38.5 Å². The number of hydrogen-bond donors (Lipinski definition) is 6. The highest BCUT2D eigenvalue weighted by Gasteiger charge is 2.54. The SMILES string of the molecule is CCCCCC(=O)OC[C@H]1O[C@@H](OC(O)[C@@H](O)[C@@H](O)[C@H](O)[C@H](O)CO)[C@@H](OC(=O)CCCCC)[C@@H](OC(=O)CCCCC)[C@@H]1OC(=O)CCCCC. The van der Waals surface area contributed by atoms with Gasteiger partial charge in [-0.2, -0.15) is 0 Å². The van der Waals surface area contributed by atoms with Crippen LogP contribution >= 0.6 is 0 Å². The zero-order valence-corrected chi connectivity index (χ0v) is 31.3. The Morgan fingerprint density at radius 3 is 1.42 bits per heavy atom. The van der Waals surface area contributed by atoms with E-state index in [4.69, 9.17) is 33.5 Å². The lowest BCUT2D eigenvalue weighted by atomic mass is 9.97. The van der Waals surface area contributed by atoms with Crippen LogP contribution < -0.4 is 0 Å². The number of carbonyl (C=O) groups excluding carboxylic acids is 4. The Balaban J connectivity index is 3.64. The third-order valence-corrected chi connectivity index (χ3v) is 8.59. The second-order valence-electron chi connectivity index (χ2n) is 13.2. The fourth-order valence-corrected chi connectivity index (χ4v) is 5.40. The van der Waals surface area contributed by atoms with Crippen molar-refractivity contribution in [3.8, 4) is 0 Å². The first-order chi connectivity index (χ1) is 24.8. The van der Waals surface area contributed by atoms with Gasteiger partial charge in [-0.05, 0) is 25.7 Å². The normalized spacial score (nSPS) is 23.2. The Morgan fingerprint density at radius 1 is 0.558 bits per heavy atom. The first-order valence-corrected chi connectivity index (χ1v) is 18.9. The van der Waals surface area contributed by atoms with Crippen LogP contribution in [-0.2, 0) is 47.6 Å². The molecule has 0 saturated carbocycles. The summed E-state index contributed by atoms with van der Waals surface area (Å²) in [5, 5.41) is 60.9. The van der Waals surface area contributed by atoms with E-state index in [1.165, 1.54) is 0 Å². The Hall–Kier alpha value is -2.44. The average Bonchev–Trinajstić information content (AvgIpc) is 3.12. The molecule has 0 aromatic carbocycles. The molecule has 1 aliphatic heterocycles. The van der Waals surface area contributed by atoms with E-state index >= 15 is 0 Å². The monoisotopic (exact) mass is 752 g/mol. The summed E-state index contributed by atoms with van der Waals surface area (Å²) >= 11 is 0. The minimum atomic E-state index is -2.40. The summed E-state index contributed by atoms with van der Waals surface area (Å²) in [5.74, 6) is -2.77. The predicted molar refractivity (Wildman–Crippen MR) is 184 cm³/mol. The van der Waals surface area contributed by atoms with Gasteiger partial charge in [0.25, 0.3) is 0 Å². The maximum atomic E-state index is 13.2. The van der Waals surface area contributed by atoms with Gasteiger partial charge in [0.15, 0.2) is 24.6 Å². The van der Waals surface area contributed by atoms with Gasteiger partial charge >= 0.3 is 23.9 Å². The van der Waals surface area contributed by atoms with E-state index in [-0.39, 0.29) is 25.7 Å². The largest absolute Gasteiger partial charge is 0.463 e. The number of carbonyl (C=O) groups is 4. The molecular formula is C36H64O16. The van der Waals surface area contributed by atoms with Crippen molar-refractivity contribution in [1.29, 1.82) is 0 Å². The van der Waals surface area contributed by atoms with Crippen LogP contribution in [0.1, 0.15) is 130 Å². The number of aliphatic hydroxyl groups excluding tert-OH is 6. The number of hydrogen-bond acceptors (Lipinski definition) is 16. The molecule has 0 radical (unpaired) electrons. The van der Waals surface area contributed by atoms with E-state index in [2.05, 4.69) is 0 Å². The number of esters is 4. The van der Waals surface area contributed by atoms with Crippen LogP contribution in [0.15, 0.2) is 0 Å². The predicted octanol–water partition coefficient (Wildman–Crippen LogP) is 2.08. The van der Waals surface area contributed by atoms with Gasteiger partial charge in [-0.3, -0.25) is 19.2 Å². The molecule has 1 unspecified atom stereocenters. The summed E-state index contributed by atoms with van der Waals surface area (Å²) in [6.07, 6.45) is -11.0. The van der Waals surface area contributed by atoms with E-state index in [1.807, 2.05) is 27.7 Å². The second-order valence-corrected chi connectivity index (χ2v) is 13.2. The molecule has 10 atom stereocenters. The van der Waals surface area contributed by atoms with Crippen LogP contribution in [0.4, 0.5) is 0 Å². The summed E-state index contributed by atoms with van der Waals surface area (Å²) in [6.45, 7) is 6.29. The molecule has 16 nitrogen and oxygen atoms in total. The van der Waals surface area contributed by atoms with Crippen LogP contribution in [0.5, 0.6) is 0 Å². The van der Waals surface area contributed by atoms with Gasteiger partial charge in [-0.15, -0.1) is 0 Å². The van der Waals surface area contributed by atoms with Crippen molar-refractivity contribution >= 4 is 23.9 Å². The molecule has 304 valence electrons. The first-order valence-electron chi connectivity index (χ1n) is 18.9. The molecule has 1 rings (SSSR count). The van der Waals surface area contributed by atoms with Crippen molar-refractivity contribution in [3.63, 3.8) is 0 Å². The molecule has 0 amide bonds. The minimum Gasteiger partial charge on any atom is -0.463 e. The van der Waals surface area contributed by atoms with Gasteiger partial charge in [0.05, 0.1) is 6.61 Å². The molecule has 1 fully saturated rings. The molecule has 0 aliphatic carbocycles. The number of ether oxygens (including phenoxy) is 6. The van der Waals surface area contributed by atoms with E-state index in [0.29, 0.717) is 38.5 Å². The maximum Gasteiger partial charge on any atom is 0.306 e. The van der Waals surface area contributed by atoms with Crippen molar-refractivity contribution in [2.24, 2.45) is 0 Å². The van der Waals surface area contributed by atoms with Crippen molar-refractivity contribution in [2.75, 3.05) is 13.2 Å². The number of unbranched alkanes of at least 4 members (excludes halogenated alkanes) is 8. The molecule has 1 heterocycles. The summed E-state index contributed by atoms with van der Waals surface area (Å²) in [5.41, 5.74) is 0. The fourth-order valence-electron chi connectivity index (χ4n) is 5.40. The van der Waals surface area contributed by atoms with Crippen LogP contribution in [0, 0.1) is 0 Å². The summed E-state index contributed by atoms with van der Waals surface area (Å²) < 4.78 is 34.5. The Morgan fingerprint density at radius 2 is 0.981 bits per heavy atom. The summed E-state index contributed by atoms with van der Waals surface area (Å²) in [4.78, 5) is 52.1. The minimum absolute atomic E-state index is 0.00273. The maximum absolute atomic E-state index is 13.2. The van der Waals surface area contributed by atoms with Gasteiger partial charge in [0.2, 0.25) is 6.29 Å². The highest BCUT2D eigenvalue weighted by molar-refractivity contribution is 5.72. The van der Waals surface area contributed by atoms with E-state index in [9.17, 15) is 44.7 Å². The third kappa shape index (κ3) is 17.6. The molecule has 1 saturated heterocycles. The van der Waals surface area contributed by atoms with Gasteiger partial charge in [0.1, 0.15) is 37.1 Å². The van der Waals surface area contributed by atoms with Crippen LogP contribution in [0.2, 0.25) is 0 Å². The van der Waals surface area contributed by atoms with Crippen molar-refractivity contribution in [1.82, 2.24) is 0 Å². The van der Waals surface area contributed by atoms with E-state index in [1.54, 1.807) is 0 Å². The second kappa shape index (κ2) is 27.2. The lowest BCUT2D eigenvalue weighted by Crippen LogP contribution is -2.64. The molecule has 16 heteroatoms. The number of rotatable bonds is 28. The Labute approximate surface area is 307 Å². The molecule has 1 aliphatic rings. The van der Waals surface area contributed by atoms with Gasteiger partial charge in [-0.1, -0.05) is 79.1 Å². The van der Waals surface area contributed by atoms with Gasteiger partial charge < -0.3 is 59.1 Å². The fraction of sp³-hybridized carbons (Fsp3) is 0.889. The zero-order valence-electron chi connectivity index (χ0n) is 31.3. The molecule has 0 aromatic heterocycles. The van der Waals surface area contributed by atoms with E-state index < -0.39 is 98.5 Å². The zero-order chi connectivity index (χ0) is 39.1. The highest BCUT2D eigenvalue weighted by atomic mass is 16.8. The van der Waals surface area contributed by atoms with Gasteiger partial charge in [0, 0.05) is 25.7 Å². The molecule has 0 bridgehead atoms. The van der Waals surface area contributed by atoms with Crippen LogP contribution in [0.3, 0.4) is 0 Å². The molecule has 52 heavy (non-hydrogen) atoms. The van der Waals surface area contributed by atoms with Gasteiger partial charge in [-0.25, -0.2) is 0 Å². The van der Waals surface area contributed by atoms with Crippen LogP contribution in [0.25, 0.3) is 0 Å². The smallest absolute Gasteiger partial charge is 0.306 e. The average molecular weight is 753 g/mol. The van der Waals surface area contributed by atoms with Crippen molar-refractivity contribution < 1.29 is 78.2 Å². The van der Waals surface area contributed by atoms with Crippen molar-refractivity contribution in [2.45, 2.75) is 192 Å². The first kappa shape index (κ1) is 47.6. The summed E-state index contributed by atoms with van der Waals surface area (Å²) in [7, 11) is 0. The third-order valence-electron chi connectivity index (χ3n) is 8.59. The Bertz CT molecular complexity index is 1010. The summed E-state index contributed by atoms with van der Waals surface area (Å²) in [6, 6.07) is 0. The Kier molecular flexibility index (Phi) is 24.9. The molecule has 6 N–H and O–H groups in total. The van der Waals surface area contributed by atoms with Crippen molar-refractivity contribution in [3.05, 3.63) is 0 Å². The highest BCUT2D eigenvalue weighted by Crippen LogP contribution is 2.32. The topological polar surface area (TPSA) is 245 Å². The lowest BCUT2D eigenvalue weighted by Gasteiger charge is -2.45. The quantitative estimate of drug-likeness (QED) is 0.0290.